The van der Waals surface area contributed by atoms with E-state index in [1.165, 1.54) is 11.1 Å². The molecule has 0 atom stereocenters. The first-order chi connectivity index (χ1) is 9.61. The van der Waals surface area contributed by atoms with E-state index in [9.17, 15) is 0 Å². The molecule has 0 aliphatic heterocycles. The van der Waals surface area contributed by atoms with Gasteiger partial charge in [0.05, 0.1) is 12.2 Å². The first-order valence-corrected chi connectivity index (χ1v) is 7.00. The van der Waals surface area contributed by atoms with Gasteiger partial charge in [0.1, 0.15) is 0 Å². The van der Waals surface area contributed by atoms with Crippen molar-refractivity contribution in [3.63, 3.8) is 0 Å². The molecule has 0 aromatic heterocycles. The van der Waals surface area contributed by atoms with Crippen LogP contribution < -0.4 is 0 Å². The van der Waals surface area contributed by atoms with Crippen LogP contribution >= 0.6 is 0 Å². The summed E-state index contributed by atoms with van der Waals surface area (Å²) in [5.41, 5.74) is 3.30. The summed E-state index contributed by atoms with van der Waals surface area (Å²) in [7, 11) is 0. The Morgan fingerprint density at radius 2 is 1.50 bits per heavy atom. The first kappa shape index (κ1) is 14.8. The van der Waals surface area contributed by atoms with Crippen molar-refractivity contribution < 1.29 is 9.84 Å². The number of hydrogen-bond acceptors (Lipinski definition) is 2. The van der Waals surface area contributed by atoms with E-state index in [1.807, 2.05) is 32.0 Å². The smallest absolute Gasteiger partial charge is 0.0724 e. The van der Waals surface area contributed by atoms with Crippen LogP contribution in [0.25, 0.3) is 11.1 Å². The Morgan fingerprint density at radius 1 is 0.900 bits per heavy atom. The number of aliphatic hydroxyl groups excluding tert-OH is 1. The molecule has 20 heavy (non-hydrogen) atoms. The number of rotatable bonds is 6. The van der Waals surface area contributed by atoms with Gasteiger partial charge < -0.3 is 9.84 Å². The van der Waals surface area contributed by atoms with Gasteiger partial charge in [-0.15, -0.1) is 0 Å². The molecule has 0 saturated heterocycles. The Kier molecular flexibility index (Phi) is 4.94. The highest BCUT2D eigenvalue weighted by atomic mass is 16.5. The molecule has 106 valence electrons. The fourth-order valence-corrected chi connectivity index (χ4v) is 2.04. The fraction of sp³-hybridized carbons (Fsp3) is 0.333. The van der Waals surface area contributed by atoms with Gasteiger partial charge in [0.15, 0.2) is 0 Å². The lowest BCUT2D eigenvalue weighted by molar-refractivity contribution is -0.0434. The van der Waals surface area contributed by atoms with Crippen molar-refractivity contribution in [3.05, 3.63) is 60.2 Å². The number of aliphatic hydroxyl groups is 1. The van der Waals surface area contributed by atoms with Crippen LogP contribution in [-0.2, 0) is 11.3 Å². The zero-order valence-corrected chi connectivity index (χ0v) is 12.2. The normalized spacial score (nSPS) is 11.6. The summed E-state index contributed by atoms with van der Waals surface area (Å²) in [5.74, 6) is 0. The molecule has 0 aliphatic carbocycles. The molecular weight excluding hydrogens is 248 g/mol. The third-order valence-corrected chi connectivity index (χ3v) is 3.40. The zero-order valence-electron chi connectivity index (χ0n) is 12.2. The van der Waals surface area contributed by atoms with Crippen molar-refractivity contribution in [2.24, 2.45) is 0 Å². The Bertz CT molecular complexity index is 515. The second kappa shape index (κ2) is 6.69. The Balaban J connectivity index is 1.99. The van der Waals surface area contributed by atoms with Crippen molar-refractivity contribution in [2.75, 3.05) is 6.61 Å². The molecule has 2 aromatic carbocycles. The second-order valence-corrected chi connectivity index (χ2v) is 5.58. The van der Waals surface area contributed by atoms with E-state index in [1.54, 1.807) is 0 Å². The lowest BCUT2D eigenvalue weighted by Gasteiger charge is -2.24. The van der Waals surface area contributed by atoms with Crippen LogP contribution in [0, 0.1) is 0 Å². The lowest BCUT2D eigenvalue weighted by atomic mass is 10.0. The quantitative estimate of drug-likeness (QED) is 0.858. The zero-order chi connectivity index (χ0) is 14.4. The molecule has 0 saturated carbocycles. The van der Waals surface area contributed by atoms with Crippen molar-refractivity contribution in [1.82, 2.24) is 0 Å². The van der Waals surface area contributed by atoms with E-state index in [4.69, 9.17) is 9.84 Å². The van der Waals surface area contributed by atoms with E-state index in [2.05, 4.69) is 36.4 Å². The van der Waals surface area contributed by atoms with Crippen LogP contribution in [-0.4, -0.2) is 17.3 Å². The second-order valence-electron chi connectivity index (χ2n) is 5.58. The lowest BCUT2D eigenvalue weighted by Crippen LogP contribution is -2.25. The van der Waals surface area contributed by atoms with Gasteiger partial charge in [-0.1, -0.05) is 54.6 Å². The molecule has 0 aliphatic rings. The topological polar surface area (TPSA) is 29.5 Å². The molecular formula is C18H22O2. The summed E-state index contributed by atoms with van der Waals surface area (Å²) in [6.45, 7) is 4.73. The summed E-state index contributed by atoms with van der Waals surface area (Å²) < 4.78 is 5.84. The maximum atomic E-state index is 8.98. The van der Waals surface area contributed by atoms with Gasteiger partial charge in [0.25, 0.3) is 0 Å². The Hall–Kier alpha value is -1.64. The van der Waals surface area contributed by atoms with Gasteiger partial charge in [0, 0.05) is 6.61 Å². The summed E-state index contributed by atoms with van der Waals surface area (Å²) in [4.78, 5) is 0. The average molecular weight is 270 g/mol. The van der Waals surface area contributed by atoms with Gasteiger partial charge in [-0.3, -0.25) is 0 Å². The Labute approximate surface area is 121 Å². The summed E-state index contributed by atoms with van der Waals surface area (Å²) in [6.07, 6.45) is 0.648. The molecule has 0 spiro atoms. The predicted octanol–water partition coefficient (Wildman–Crippen LogP) is 4.03. The van der Waals surface area contributed by atoms with E-state index in [0.717, 1.165) is 5.56 Å². The fourth-order valence-electron chi connectivity index (χ4n) is 2.04. The molecule has 2 heteroatoms. The number of ether oxygens (including phenoxy) is 1. The molecule has 2 nitrogen and oxygen atoms in total. The van der Waals surface area contributed by atoms with Gasteiger partial charge in [0.2, 0.25) is 0 Å². The van der Waals surface area contributed by atoms with Crippen LogP contribution in [0.15, 0.2) is 54.6 Å². The SMILES string of the molecule is CC(C)(CCO)OCc1ccc(-c2ccccc2)cc1. The van der Waals surface area contributed by atoms with Crippen LogP contribution in [0.5, 0.6) is 0 Å². The molecule has 1 N–H and O–H groups in total. The van der Waals surface area contributed by atoms with E-state index in [-0.39, 0.29) is 12.2 Å². The molecule has 0 unspecified atom stereocenters. The minimum atomic E-state index is -0.285. The van der Waals surface area contributed by atoms with Crippen molar-refractivity contribution in [3.8, 4) is 11.1 Å². The summed E-state index contributed by atoms with van der Waals surface area (Å²) >= 11 is 0. The van der Waals surface area contributed by atoms with Crippen LogP contribution in [0.4, 0.5) is 0 Å². The minimum absolute atomic E-state index is 0.153. The third kappa shape index (κ3) is 4.19. The van der Waals surface area contributed by atoms with Gasteiger partial charge in [-0.05, 0) is 37.0 Å². The van der Waals surface area contributed by atoms with Crippen LogP contribution in [0.1, 0.15) is 25.8 Å². The highest BCUT2D eigenvalue weighted by Crippen LogP contribution is 2.21. The summed E-state index contributed by atoms with van der Waals surface area (Å²) in [6, 6.07) is 18.8. The molecule has 2 aromatic rings. The molecule has 0 radical (unpaired) electrons. The highest BCUT2D eigenvalue weighted by Gasteiger charge is 2.17. The predicted molar refractivity (Wildman–Crippen MR) is 82.4 cm³/mol. The molecule has 0 bridgehead atoms. The Morgan fingerprint density at radius 3 is 2.10 bits per heavy atom. The number of hydrogen-bond donors (Lipinski definition) is 1. The molecule has 2 rings (SSSR count). The third-order valence-electron chi connectivity index (χ3n) is 3.40. The monoisotopic (exact) mass is 270 g/mol. The highest BCUT2D eigenvalue weighted by molar-refractivity contribution is 5.63. The first-order valence-electron chi connectivity index (χ1n) is 7.00. The largest absolute Gasteiger partial charge is 0.396 e. The maximum Gasteiger partial charge on any atom is 0.0724 e. The average Bonchev–Trinajstić information content (AvgIpc) is 2.47. The van der Waals surface area contributed by atoms with Crippen molar-refractivity contribution in [1.29, 1.82) is 0 Å². The molecule has 0 fully saturated rings. The standard InChI is InChI=1S/C18H22O2/c1-18(2,12-13-19)20-14-15-8-10-17(11-9-15)16-6-4-3-5-7-16/h3-11,19H,12-14H2,1-2H3. The number of benzene rings is 2. The van der Waals surface area contributed by atoms with E-state index >= 15 is 0 Å². The van der Waals surface area contributed by atoms with Gasteiger partial charge in [-0.2, -0.15) is 0 Å². The van der Waals surface area contributed by atoms with Crippen molar-refractivity contribution >= 4 is 0 Å². The minimum Gasteiger partial charge on any atom is -0.396 e. The summed E-state index contributed by atoms with van der Waals surface area (Å²) in [5, 5.41) is 8.98. The van der Waals surface area contributed by atoms with E-state index < -0.39 is 0 Å². The van der Waals surface area contributed by atoms with Gasteiger partial charge in [-0.25, -0.2) is 0 Å². The maximum absolute atomic E-state index is 8.98. The molecule has 0 heterocycles. The van der Waals surface area contributed by atoms with Gasteiger partial charge >= 0.3 is 0 Å². The van der Waals surface area contributed by atoms with E-state index in [0.29, 0.717) is 13.0 Å². The van der Waals surface area contributed by atoms with Crippen LogP contribution in [0.2, 0.25) is 0 Å². The molecule has 0 amide bonds. The van der Waals surface area contributed by atoms with Crippen LogP contribution in [0.3, 0.4) is 0 Å². The van der Waals surface area contributed by atoms with Crippen molar-refractivity contribution in [2.45, 2.75) is 32.5 Å².